The fourth-order valence-electron chi connectivity index (χ4n) is 3.91. The van der Waals surface area contributed by atoms with Crippen LogP contribution in [0.25, 0.3) is 22.1 Å². The maximum atomic E-state index is 13.0. The molecule has 2 aromatic heterocycles. The van der Waals surface area contributed by atoms with E-state index in [0.717, 1.165) is 11.1 Å². The van der Waals surface area contributed by atoms with Gasteiger partial charge in [-0.1, -0.05) is 30.3 Å². The average molecular weight is 424 g/mol. The number of fused-ring (bicyclic) bond motifs is 3. The first-order chi connectivity index (χ1) is 15.6. The Morgan fingerprint density at radius 3 is 2.53 bits per heavy atom. The molecule has 1 atom stereocenters. The minimum atomic E-state index is -0.747. The van der Waals surface area contributed by atoms with E-state index in [4.69, 9.17) is 14.9 Å². The number of aliphatic hydroxyl groups is 1. The van der Waals surface area contributed by atoms with Gasteiger partial charge in [-0.25, -0.2) is 14.8 Å². The van der Waals surface area contributed by atoms with Gasteiger partial charge in [-0.3, -0.25) is 0 Å². The molecule has 3 heterocycles. The van der Waals surface area contributed by atoms with E-state index in [9.17, 15) is 15.2 Å². The molecule has 0 radical (unpaired) electrons. The zero-order valence-electron chi connectivity index (χ0n) is 16.6. The smallest absolute Gasteiger partial charge is 0.344 e. The third-order valence-corrected chi connectivity index (χ3v) is 5.45. The van der Waals surface area contributed by atoms with Crippen molar-refractivity contribution in [2.24, 2.45) is 5.73 Å². The number of ether oxygens (including phenoxy) is 1. The summed E-state index contributed by atoms with van der Waals surface area (Å²) in [5, 5.41) is 19.7. The van der Waals surface area contributed by atoms with Crippen molar-refractivity contribution in [3.8, 4) is 22.9 Å². The Hall–Kier alpha value is -4.48. The van der Waals surface area contributed by atoms with Crippen LogP contribution in [0.5, 0.6) is 5.75 Å². The first-order valence-electron chi connectivity index (χ1n) is 9.74. The van der Waals surface area contributed by atoms with E-state index in [-0.39, 0.29) is 35.0 Å². The fourth-order valence-corrected chi connectivity index (χ4v) is 3.91. The van der Waals surface area contributed by atoms with E-state index >= 15 is 0 Å². The molecule has 1 aliphatic heterocycles. The molecule has 0 saturated carbocycles. The van der Waals surface area contributed by atoms with Gasteiger partial charge in [-0.05, 0) is 28.8 Å². The highest BCUT2D eigenvalue weighted by Crippen LogP contribution is 2.43. The molecule has 3 N–H and O–H groups in total. The number of allylic oxidation sites excluding steroid dienone is 1. The lowest BCUT2D eigenvalue weighted by Gasteiger charge is -2.26. The van der Waals surface area contributed by atoms with Crippen LogP contribution in [0.2, 0.25) is 0 Å². The summed E-state index contributed by atoms with van der Waals surface area (Å²) in [4.78, 5) is 21.1. The number of nitrogens with two attached hydrogens (primary N) is 1. The molecule has 32 heavy (non-hydrogen) atoms. The van der Waals surface area contributed by atoms with E-state index in [2.05, 4.69) is 16.0 Å². The van der Waals surface area contributed by atoms with Crippen molar-refractivity contribution in [1.29, 1.82) is 5.26 Å². The second-order valence-corrected chi connectivity index (χ2v) is 7.29. The predicted molar refractivity (Wildman–Crippen MR) is 115 cm³/mol. The predicted octanol–water partition coefficient (Wildman–Crippen LogP) is 2.96. The standard InChI is InChI=1S/C24H16N4O4/c25-8-18-20(15-4-2-14(3-5-15)16-9-27-12-28-10-16)21-22(32-23(18)26)17-6-1-13(11-29)7-19(17)31-24(21)30/h1-7,9-10,12,20,29H,11,26H2. The highest BCUT2D eigenvalue weighted by molar-refractivity contribution is 5.86. The Balaban J connectivity index is 1.70. The Morgan fingerprint density at radius 1 is 1.09 bits per heavy atom. The summed E-state index contributed by atoms with van der Waals surface area (Å²) in [7, 11) is 0. The lowest BCUT2D eigenvalue weighted by Crippen LogP contribution is -2.26. The number of hydrogen-bond donors (Lipinski definition) is 2. The summed E-state index contributed by atoms with van der Waals surface area (Å²) >= 11 is 0. The molecule has 8 heteroatoms. The first-order valence-corrected chi connectivity index (χ1v) is 9.74. The lowest BCUT2D eigenvalue weighted by molar-refractivity contribution is 0.282. The van der Waals surface area contributed by atoms with Crippen molar-refractivity contribution >= 4 is 11.0 Å². The van der Waals surface area contributed by atoms with Crippen LogP contribution in [-0.4, -0.2) is 15.1 Å². The van der Waals surface area contributed by atoms with Crippen LogP contribution in [0.1, 0.15) is 22.6 Å². The fraction of sp³-hybridized carbons (Fsp3) is 0.0833. The molecule has 0 fully saturated rings. The minimum absolute atomic E-state index is 0.0660. The summed E-state index contributed by atoms with van der Waals surface area (Å²) in [6.45, 7) is -0.195. The molecule has 156 valence electrons. The monoisotopic (exact) mass is 424 g/mol. The third kappa shape index (κ3) is 3.09. The molecular formula is C24H16N4O4. The normalized spacial score (nSPS) is 15.2. The van der Waals surface area contributed by atoms with Crippen LogP contribution in [0.4, 0.5) is 0 Å². The number of hydrogen-bond acceptors (Lipinski definition) is 8. The van der Waals surface area contributed by atoms with Crippen molar-refractivity contribution in [3.05, 3.63) is 99.8 Å². The van der Waals surface area contributed by atoms with Gasteiger partial charge in [0.1, 0.15) is 23.6 Å². The molecule has 0 aliphatic carbocycles. The number of nitrogens with zero attached hydrogens (tertiary/aromatic N) is 3. The number of aliphatic hydroxyl groups excluding tert-OH is 1. The second-order valence-electron chi connectivity index (χ2n) is 7.29. The molecule has 2 aromatic carbocycles. The van der Waals surface area contributed by atoms with Gasteiger partial charge in [0.25, 0.3) is 0 Å². The number of aromatic nitrogens is 2. The number of rotatable bonds is 3. The van der Waals surface area contributed by atoms with E-state index in [1.54, 1.807) is 30.6 Å². The van der Waals surface area contributed by atoms with Crippen LogP contribution >= 0.6 is 0 Å². The largest absolute Gasteiger partial charge is 0.439 e. The van der Waals surface area contributed by atoms with Crippen LogP contribution in [0.15, 0.2) is 81.9 Å². The van der Waals surface area contributed by atoms with Gasteiger partial charge < -0.3 is 20.0 Å². The molecule has 0 spiro atoms. The maximum absolute atomic E-state index is 13.0. The van der Waals surface area contributed by atoms with Gasteiger partial charge in [0.05, 0.1) is 23.5 Å². The second kappa shape index (κ2) is 7.65. The Kier molecular flexibility index (Phi) is 4.66. The minimum Gasteiger partial charge on any atom is -0.439 e. The molecule has 4 aromatic rings. The van der Waals surface area contributed by atoms with E-state index in [0.29, 0.717) is 16.5 Å². The molecular weight excluding hydrogens is 408 g/mol. The van der Waals surface area contributed by atoms with Crippen LogP contribution < -0.4 is 16.1 Å². The van der Waals surface area contributed by atoms with Crippen molar-refractivity contribution in [2.75, 3.05) is 0 Å². The molecule has 0 saturated heterocycles. The summed E-state index contributed by atoms with van der Waals surface area (Å²) in [5.74, 6) is -0.561. The highest BCUT2D eigenvalue weighted by Gasteiger charge is 2.35. The summed E-state index contributed by atoms with van der Waals surface area (Å²) < 4.78 is 11.3. The van der Waals surface area contributed by atoms with Crippen LogP contribution in [-0.2, 0) is 6.61 Å². The van der Waals surface area contributed by atoms with Gasteiger partial charge in [-0.15, -0.1) is 0 Å². The van der Waals surface area contributed by atoms with Crippen molar-refractivity contribution in [1.82, 2.24) is 9.97 Å². The van der Waals surface area contributed by atoms with Crippen molar-refractivity contribution in [2.45, 2.75) is 12.5 Å². The third-order valence-electron chi connectivity index (χ3n) is 5.45. The van der Waals surface area contributed by atoms with Gasteiger partial charge in [0.2, 0.25) is 5.88 Å². The molecule has 1 aliphatic rings. The molecule has 8 nitrogen and oxygen atoms in total. The highest BCUT2D eigenvalue weighted by atomic mass is 16.5. The zero-order valence-corrected chi connectivity index (χ0v) is 16.6. The SMILES string of the molecule is N#CC1=C(N)Oc2c(c(=O)oc3cc(CO)ccc23)C1c1ccc(-c2cncnc2)cc1. The van der Waals surface area contributed by atoms with Crippen molar-refractivity contribution in [3.63, 3.8) is 0 Å². The topological polar surface area (TPSA) is 135 Å². The van der Waals surface area contributed by atoms with E-state index in [1.165, 1.54) is 6.33 Å². The summed E-state index contributed by atoms with van der Waals surface area (Å²) in [6, 6.07) is 14.4. The first kappa shape index (κ1) is 19.5. The maximum Gasteiger partial charge on any atom is 0.344 e. The average Bonchev–Trinajstić information content (AvgIpc) is 2.83. The molecule has 1 unspecified atom stereocenters. The van der Waals surface area contributed by atoms with E-state index < -0.39 is 11.5 Å². The molecule has 0 bridgehead atoms. The van der Waals surface area contributed by atoms with Crippen molar-refractivity contribution < 1.29 is 14.3 Å². The van der Waals surface area contributed by atoms with Crippen LogP contribution in [0.3, 0.4) is 0 Å². The van der Waals surface area contributed by atoms with Gasteiger partial charge in [0.15, 0.2) is 5.75 Å². The quantitative estimate of drug-likeness (QED) is 0.479. The molecule has 5 rings (SSSR count). The van der Waals surface area contributed by atoms with Gasteiger partial charge in [-0.2, -0.15) is 5.26 Å². The number of benzene rings is 2. The Bertz CT molecular complexity index is 1470. The summed E-state index contributed by atoms with van der Waals surface area (Å²) in [5.41, 5.74) is 9.08. The Morgan fingerprint density at radius 2 is 1.84 bits per heavy atom. The number of nitriles is 1. The van der Waals surface area contributed by atoms with E-state index in [1.807, 2.05) is 24.3 Å². The molecule has 0 amide bonds. The lowest BCUT2D eigenvalue weighted by atomic mass is 9.83. The van der Waals surface area contributed by atoms with Gasteiger partial charge in [0, 0.05) is 18.0 Å². The summed E-state index contributed by atoms with van der Waals surface area (Å²) in [6.07, 6.45) is 4.86. The Labute approximate surface area is 181 Å². The van der Waals surface area contributed by atoms with Crippen LogP contribution in [0, 0.1) is 11.3 Å². The van der Waals surface area contributed by atoms with Gasteiger partial charge >= 0.3 is 5.63 Å². The zero-order chi connectivity index (χ0) is 22.2.